The second-order valence-corrected chi connectivity index (χ2v) is 4.46. The zero-order valence-corrected chi connectivity index (χ0v) is 9.65. The van der Waals surface area contributed by atoms with Crippen molar-refractivity contribution >= 4 is 17.4 Å². The first-order valence-corrected chi connectivity index (χ1v) is 5.68. The van der Waals surface area contributed by atoms with E-state index in [9.17, 15) is 13.2 Å². The Bertz CT molecular complexity index is 404. The maximum Gasteiger partial charge on any atom is 0.451 e. The molecule has 1 aliphatic carbocycles. The molecule has 1 heterocycles. The highest BCUT2D eigenvalue weighted by atomic mass is 35.5. The summed E-state index contributed by atoms with van der Waals surface area (Å²) in [4.78, 5) is 6.56. The average molecular weight is 266 g/mol. The van der Waals surface area contributed by atoms with Gasteiger partial charge in [-0.2, -0.15) is 13.2 Å². The monoisotopic (exact) mass is 265 g/mol. The summed E-state index contributed by atoms with van der Waals surface area (Å²) >= 11 is 5.53. The van der Waals surface area contributed by atoms with Gasteiger partial charge in [-0.05, 0) is 18.8 Å². The Balaban J connectivity index is 2.08. The molecule has 17 heavy (non-hydrogen) atoms. The minimum Gasteiger partial charge on any atom is -0.370 e. The third kappa shape index (κ3) is 3.21. The number of nitrogens with zero attached hydrogens (tertiary/aromatic N) is 2. The van der Waals surface area contributed by atoms with E-state index in [0.717, 1.165) is 12.8 Å². The summed E-state index contributed by atoms with van der Waals surface area (Å²) < 4.78 is 37.2. The van der Waals surface area contributed by atoms with E-state index in [-0.39, 0.29) is 11.0 Å². The van der Waals surface area contributed by atoms with Crippen molar-refractivity contribution in [3.63, 3.8) is 0 Å². The standard InChI is InChI=1S/C10H11ClF3N3/c11-7-4-8(15-5-6-2-1-3-6)17-9(16-7)10(12,13)14/h4,6H,1-3,5H2,(H,15,16,17). The Morgan fingerprint density at radius 1 is 1.35 bits per heavy atom. The lowest BCUT2D eigenvalue weighted by Gasteiger charge is -2.25. The van der Waals surface area contributed by atoms with Gasteiger partial charge in [-0.1, -0.05) is 18.0 Å². The Morgan fingerprint density at radius 3 is 2.59 bits per heavy atom. The van der Waals surface area contributed by atoms with Crippen LogP contribution in [0.4, 0.5) is 19.0 Å². The molecule has 7 heteroatoms. The predicted molar refractivity (Wildman–Crippen MR) is 57.9 cm³/mol. The average Bonchev–Trinajstić information content (AvgIpc) is 2.13. The number of rotatable bonds is 3. The fraction of sp³-hybridized carbons (Fsp3) is 0.600. The van der Waals surface area contributed by atoms with Gasteiger partial charge in [0.15, 0.2) is 0 Å². The van der Waals surface area contributed by atoms with Crippen LogP contribution in [0.25, 0.3) is 0 Å². The van der Waals surface area contributed by atoms with Gasteiger partial charge in [0, 0.05) is 12.6 Å². The molecule has 1 N–H and O–H groups in total. The fourth-order valence-corrected chi connectivity index (χ4v) is 1.76. The zero-order chi connectivity index (χ0) is 12.5. The minimum atomic E-state index is -4.57. The van der Waals surface area contributed by atoms with Crippen molar-refractivity contribution in [2.24, 2.45) is 5.92 Å². The van der Waals surface area contributed by atoms with Gasteiger partial charge in [-0.3, -0.25) is 0 Å². The molecule has 1 aliphatic rings. The molecule has 0 atom stereocenters. The molecule has 3 nitrogen and oxygen atoms in total. The maximum absolute atomic E-state index is 12.4. The molecule has 1 aromatic heterocycles. The van der Waals surface area contributed by atoms with Crippen LogP contribution in [0.5, 0.6) is 0 Å². The van der Waals surface area contributed by atoms with E-state index in [1.807, 2.05) is 0 Å². The summed E-state index contributed by atoms with van der Waals surface area (Å²) in [6, 6.07) is 1.30. The fourth-order valence-electron chi connectivity index (χ4n) is 1.58. The molecule has 1 aromatic rings. The molecule has 0 aliphatic heterocycles. The van der Waals surface area contributed by atoms with Crippen LogP contribution in [0, 0.1) is 5.92 Å². The number of aromatic nitrogens is 2. The van der Waals surface area contributed by atoms with Gasteiger partial charge >= 0.3 is 6.18 Å². The quantitative estimate of drug-likeness (QED) is 0.852. The van der Waals surface area contributed by atoms with Crippen molar-refractivity contribution in [3.05, 3.63) is 17.0 Å². The van der Waals surface area contributed by atoms with Crippen molar-refractivity contribution in [2.75, 3.05) is 11.9 Å². The van der Waals surface area contributed by atoms with Crippen LogP contribution in [0.3, 0.4) is 0 Å². The van der Waals surface area contributed by atoms with Crippen molar-refractivity contribution in [2.45, 2.75) is 25.4 Å². The van der Waals surface area contributed by atoms with Crippen molar-refractivity contribution in [3.8, 4) is 0 Å². The topological polar surface area (TPSA) is 37.8 Å². The van der Waals surface area contributed by atoms with Gasteiger partial charge in [0.2, 0.25) is 5.82 Å². The summed E-state index contributed by atoms with van der Waals surface area (Å²) in [6.07, 6.45) is -1.17. The Labute approximate surface area is 101 Å². The lowest BCUT2D eigenvalue weighted by atomic mass is 9.85. The minimum absolute atomic E-state index is 0.129. The number of halogens is 4. The molecule has 0 amide bonds. The number of hydrogen-bond acceptors (Lipinski definition) is 3. The number of alkyl halides is 3. The number of nitrogens with one attached hydrogen (secondary N) is 1. The molecule has 0 aromatic carbocycles. The molecular formula is C10H11ClF3N3. The highest BCUT2D eigenvalue weighted by Gasteiger charge is 2.35. The molecule has 0 spiro atoms. The Kier molecular flexibility index (Phi) is 3.42. The molecular weight excluding hydrogens is 255 g/mol. The van der Waals surface area contributed by atoms with Gasteiger partial charge in [0.05, 0.1) is 0 Å². The van der Waals surface area contributed by atoms with Gasteiger partial charge in [0.25, 0.3) is 0 Å². The molecule has 1 fully saturated rings. The van der Waals surface area contributed by atoms with Crippen molar-refractivity contribution in [1.82, 2.24) is 9.97 Å². The molecule has 0 bridgehead atoms. The van der Waals surface area contributed by atoms with E-state index in [1.54, 1.807) is 0 Å². The molecule has 94 valence electrons. The van der Waals surface area contributed by atoms with Crippen molar-refractivity contribution < 1.29 is 13.2 Å². The van der Waals surface area contributed by atoms with Crippen molar-refractivity contribution in [1.29, 1.82) is 0 Å². The van der Waals surface area contributed by atoms with E-state index < -0.39 is 12.0 Å². The van der Waals surface area contributed by atoms with Crippen LogP contribution in [-0.4, -0.2) is 16.5 Å². The number of anilines is 1. The van der Waals surface area contributed by atoms with E-state index in [0.29, 0.717) is 12.5 Å². The zero-order valence-electron chi connectivity index (χ0n) is 8.89. The van der Waals surface area contributed by atoms with E-state index in [2.05, 4.69) is 15.3 Å². The highest BCUT2D eigenvalue weighted by molar-refractivity contribution is 6.29. The summed E-state index contributed by atoms with van der Waals surface area (Å²) in [5.41, 5.74) is 0. The highest BCUT2D eigenvalue weighted by Crippen LogP contribution is 2.29. The van der Waals surface area contributed by atoms with Gasteiger partial charge in [-0.25, -0.2) is 9.97 Å². The van der Waals surface area contributed by atoms with E-state index >= 15 is 0 Å². The van der Waals surface area contributed by atoms with E-state index in [4.69, 9.17) is 11.6 Å². The predicted octanol–water partition coefficient (Wildman–Crippen LogP) is 3.36. The number of hydrogen-bond donors (Lipinski definition) is 1. The third-order valence-electron chi connectivity index (χ3n) is 2.75. The van der Waals surface area contributed by atoms with Crippen LogP contribution in [-0.2, 0) is 6.18 Å². The van der Waals surface area contributed by atoms with Crippen LogP contribution < -0.4 is 5.32 Å². The molecule has 0 saturated heterocycles. The summed E-state index contributed by atoms with van der Waals surface area (Å²) in [7, 11) is 0. The van der Waals surface area contributed by atoms with Gasteiger partial charge in [0.1, 0.15) is 11.0 Å². The van der Waals surface area contributed by atoms with Crippen LogP contribution in [0.15, 0.2) is 6.07 Å². The first-order chi connectivity index (χ1) is 7.95. The van der Waals surface area contributed by atoms with Crippen LogP contribution in [0.1, 0.15) is 25.1 Å². The maximum atomic E-state index is 12.4. The third-order valence-corrected chi connectivity index (χ3v) is 2.94. The lowest BCUT2D eigenvalue weighted by Crippen LogP contribution is -2.22. The molecule has 1 saturated carbocycles. The largest absolute Gasteiger partial charge is 0.451 e. The summed E-state index contributed by atoms with van der Waals surface area (Å²) in [5, 5.41) is 2.66. The summed E-state index contributed by atoms with van der Waals surface area (Å²) in [5.74, 6) is -0.552. The molecule has 0 unspecified atom stereocenters. The molecule has 2 rings (SSSR count). The second kappa shape index (κ2) is 4.68. The van der Waals surface area contributed by atoms with Gasteiger partial charge in [-0.15, -0.1) is 0 Å². The second-order valence-electron chi connectivity index (χ2n) is 4.08. The Hall–Kier alpha value is -1.04. The van der Waals surface area contributed by atoms with Crippen LogP contribution >= 0.6 is 11.6 Å². The van der Waals surface area contributed by atoms with Crippen LogP contribution in [0.2, 0.25) is 5.15 Å². The summed E-state index contributed by atoms with van der Waals surface area (Å²) in [6.45, 7) is 0.630. The Morgan fingerprint density at radius 2 is 2.06 bits per heavy atom. The van der Waals surface area contributed by atoms with E-state index in [1.165, 1.54) is 12.5 Å². The first-order valence-electron chi connectivity index (χ1n) is 5.31. The SMILES string of the molecule is FC(F)(F)c1nc(Cl)cc(NCC2CCC2)n1. The first kappa shape index (κ1) is 12.4. The normalized spacial score (nSPS) is 16.7. The smallest absolute Gasteiger partial charge is 0.370 e. The lowest BCUT2D eigenvalue weighted by molar-refractivity contribution is -0.144. The molecule has 0 radical (unpaired) electrons. The van der Waals surface area contributed by atoms with Gasteiger partial charge < -0.3 is 5.32 Å².